The zero-order valence-corrected chi connectivity index (χ0v) is 8.47. The predicted octanol–water partition coefficient (Wildman–Crippen LogP) is 1.28. The largest absolute Gasteiger partial charge is 0.314 e. The fourth-order valence-electron chi connectivity index (χ4n) is 2.14. The molecule has 0 aromatic heterocycles. The highest BCUT2D eigenvalue weighted by molar-refractivity contribution is 4.80. The molecule has 0 aliphatic carbocycles. The van der Waals surface area contributed by atoms with Gasteiger partial charge in [-0.25, -0.2) is 0 Å². The van der Waals surface area contributed by atoms with Gasteiger partial charge in [-0.3, -0.25) is 0 Å². The Kier molecular flexibility index (Phi) is 3.23. The van der Waals surface area contributed by atoms with Crippen LogP contribution < -0.4 is 5.32 Å². The third kappa shape index (κ3) is 2.68. The Morgan fingerprint density at radius 2 is 1.92 bits per heavy atom. The monoisotopic (exact) mass is 181 g/mol. The molecule has 0 aromatic carbocycles. The molecular formula is C11H21N2. The second-order valence-corrected chi connectivity index (χ2v) is 4.51. The summed E-state index contributed by atoms with van der Waals surface area (Å²) in [7, 11) is 0. The van der Waals surface area contributed by atoms with Gasteiger partial charge < -0.3 is 10.2 Å². The van der Waals surface area contributed by atoms with E-state index < -0.39 is 0 Å². The molecule has 0 spiro atoms. The van der Waals surface area contributed by atoms with Crippen LogP contribution in [0.2, 0.25) is 0 Å². The van der Waals surface area contributed by atoms with Crippen molar-refractivity contribution in [3.63, 3.8) is 0 Å². The Morgan fingerprint density at radius 3 is 2.46 bits per heavy atom. The number of likely N-dealkylation sites (tertiary alicyclic amines) is 1. The second-order valence-electron chi connectivity index (χ2n) is 4.51. The zero-order valence-electron chi connectivity index (χ0n) is 8.47. The summed E-state index contributed by atoms with van der Waals surface area (Å²) in [6.45, 7) is 9.21. The van der Waals surface area contributed by atoms with Gasteiger partial charge in [0.1, 0.15) is 0 Å². The van der Waals surface area contributed by atoms with E-state index in [1.54, 1.807) is 0 Å². The standard InChI is InChI=1S/C11H21N2/c1-10-3-7-13(8-4-10)9-5-11-2-6-12-11/h10-12H,1-9H2. The number of hydrogen-bond donors (Lipinski definition) is 1. The molecule has 0 saturated carbocycles. The Bertz CT molecular complexity index is 146. The van der Waals surface area contributed by atoms with Gasteiger partial charge in [-0.15, -0.1) is 0 Å². The molecule has 13 heavy (non-hydrogen) atoms. The Morgan fingerprint density at radius 1 is 1.23 bits per heavy atom. The van der Waals surface area contributed by atoms with Crippen LogP contribution in [-0.2, 0) is 0 Å². The summed E-state index contributed by atoms with van der Waals surface area (Å²) in [5.41, 5.74) is 0. The number of nitrogens with one attached hydrogen (secondary N) is 1. The summed E-state index contributed by atoms with van der Waals surface area (Å²) >= 11 is 0. The van der Waals surface area contributed by atoms with Crippen LogP contribution in [0.15, 0.2) is 0 Å². The molecule has 2 heterocycles. The molecule has 2 saturated heterocycles. The van der Waals surface area contributed by atoms with Gasteiger partial charge in [-0.1, -0.05) is 6.92 Å². The molecule has 1 unspecified atom stereocenters. The minimum absolute atomic E-state index is 0.720. The molecule has 0 bridgehead atoms. The smallest absolute Gasteiger partial charge is 0.00913 e. The fourth-order valence-corrected chi connectivity index (χ4v) is 2.14. The molecule has 1 atom stereocenters. The van der Waals surface area contributed by atoms with Crippen molar-refractivity contribution in [3.05, 3.63) is 6.92 Å². The van der Waals surface area contributed by atoms with Crippen LogP contribution in [0.1, 0.15) is 25.7 Å². The van der Waals surface area contributed by atoms with Crippen molar-refractivity contribution in [1.29, 1.82) is 0 Å². The number of piperidine rings is 1. The van der Waals surface area contributed by atoms with Gasteiger partial charge in [0.25, 0.3) is 0 Å². The Hall–Kier alpha value is -0.0800. The van der Waals surface area contributed by atoms with E-state index in [0.29, 0.717) is 0 Å². The summed E-state index contributed by atoms with van der Waals surface area (Å²) in [4.78, 5) is 2.60. The first-order valence-corrected chi connectivity index (χ1v) is 5.63. The van der Waals surface area contributed by atoms with Crippen molar-refractivity contribution >= 4 is 0 Å². The third-order valence-electron chi connectivity index (χ3n) is 3.43. The highest BCUT2D eigenvalue weighted by Crippen LogP contribution is 2.16. The quantitative estimate of drug-likeness (QED) is 0.705. The van der Waals surface area contributed by atoms with E-state index >= 15 is 0 Å². The fraction of sp³-hybridized carbons (Fsp3) is 0.909. The minimum Gasteiger partial charge on any atom is -0.314 e. The highest BCUT2D eigenvalue weighted by Gasteiger charge is 2.19. The molecule has 0 aromatic rings. The average molecular weight is 181 g/mol. The molecule has 75 valence electrons. The minimum atomic E-state index is 0.720. The van der Waals surface area contributed by atoms with Crippen molar-refractivity contribution in [3.8, 4) is 0 Å². The summed E-state index contributed by atoms with van der Waals surface area (Å²) in [5.74, 6) is 0.720. The van der Waals surface area contributed by atoms with Crippen molar-refractivity contribution in [2.24, 2.45) is 5.92 Å². The molecular weight excluding hydrogens is 160 g/mol. The summed E-state index contributed by atoms with van der Waals surface area (Å²) in [6.07, 6.45) is 5.35. The first-order chi connectivity index (χ1) is 6.34. The van der Waals surface area contributed by atoms with Crippen LogP contribution >= 0.6 is 0 Å². The van der Waals surface area contributed by atoms with Gasteiger partial charge in [0.05, 0.1) is 0 Å². The summed E-state index contributed by atoms with van der Waals surface area (Å²) in [5, 5.41) is 3.45. The summed E-state index contributed by atoms with van der Waals surface area (Å²) in [6, 6.07) is 0.831. The predicted molar refractivity (Wildman–Crippen MR) is 55.5 cm³/mol. The topological polar surface area (TPSA) is 15.3 Å². The van der Waals surface area contributed by atoms with Crippen molar-refractivity contribution in [1.82, 2.24) is 10.2 Å². The maximum atomic E-state index is 4.12. The SMILES string of the molecule is [CH2]C1CCN(CCC2CCN2)CC1. The van der Waals surface area contributed by atoms with E-state index in [2.05, 4.69) is 17.1 Å². The van der Waals surface area contributed by atoms with E-state index in [0.717, 1.165) is 12.0 Å². The lowest BCUT2D eigenvalue weighted by atomic mass is 9.98. The molecule has 1 N–H and O–H groups in total. The lowest BCUT2D eigenvalue weighted by Crippen LogP contribution is -2.45. The normalized spacial score (nSPS) is 31.6. The molecule has 2 fully saturated rings. The molecule has 2 aliphatic heterocycles. The van der Waals surface area contributed by atoms with Crippen LogP contribution in [0.4, 0.5) is 0 Å². The lowest BCUT2D eigenvalue weighted by molar-refractivity contribution is 0.184. The van der Waals surface area contributed by atoms with Gasteiger partial charge in [0.15, 0.2) is 0 Å². The van der Waals surface area contributed by atoms with E-state index in [1.165, 1.54) is 51.9 Å². The highest BCUT2D eigenvalue weighted by atomic mass is 15.1. The van der Waals surface area contributed by atoms with Crippen molar-refractivity contribution < 1.29 is 0 Å². The van der Waals surface area contributed by atoms with Gasteiger partial charge in [0, 0.05) is 6.04 Å². The van der Waals surface area contributed by atoms with Crippen LogP contribution in [0.5, 0.6) is 0 Å². The molecule has 2 heteroatoms. The lowest BCUT2D eigenvalue weighted by Gasteiger charge is -2.33. The first-order valence-electron chi connectivity index (χ1n) is 5.63. The second kappa shape index (κ2) is 4.43. The van der Waals surface area contributed by atoms with Gasteiger partial charge in [-0.05, 0) is 57.8 Å². The molecule has 2 rings (SSSR count). The first kappa shape index (κ1) is 9.47. The van der Waals surface area contributed by atoms with Crippen LogP contribution in [0, 0.1) is 12.8 Å². The van der Waals surface area contributed by atoms with E-state index in [1.807, 2.05) is 0 Å². The van der Waals surface area contributed by atoms with E-state index in [4.69, 9.17) is 0 Å². The number of nitrogens with zero attached hydrogens (tertiary/aromatic N) is 1. The van der Waals surface area contributed by atoms with Gasteiger partial charge in [-0.2, -0.15) is 0 Å². The summed E-state index contributed by atoms with van der Waals surface area (Å²) < 4.78 is 0. The molecule has 0 amide bonds. The van der Waals surface area contributed by atoms with E-state index in [9.17, 15) is 0 Å². The maximum absolute atomic E-state index is 4.12. The Labute approximate surface area is 81.7 Å². The van der Waals surface area contributed by atoms with Crippen LogP contribution in [-0.4, -0.2) is 37.1 Å². The van der Waals surface area contributed by atoms with Crippen LogP contribution in [0.25, 0.3) is 0 Å². The van der Waals surface area contributed by atoms with Crippen molar-refractivity contribution in [2.75, 3.05) is 26.2 Å². The van der Waals surface area contributed by atoms with Crippen molar-refractivity contribution in [2.45, 2.75) is 31.7 Å². The molecule has 2 nitrogen and oxygen atoms in total. The molecule has 2 aliphatic rings. The Balaban J connectivity index is 1.59. The maximum Gasteiger partial charge on any atom is 0.00913 e. The van der Waals surface area contributed by atoms with Gasteiger partial charge in [0.2, 0.25) is 0 Å². The zero-order chi connectivity index (χ0) is 9.10. The van der Waals surface area contributed by atoms with E-state index in [-0.39, 0.29) is 0 Å². The number of hydrogen-bond acceptors (Lipinski definition) is 2. The average Bonchev–Trinajstić information content (AvgIpc) is 2.05. The van der Waals surface area contributed by atoms with Gasteiger partial charge >= 0.3 is 0 Å². The molecule has 1 radical (unpaired) electrons. The third-order valence-corrected chi connectivity index (χ3v) is 3.43. The number of rotatable bonds is 3. The van der Waals surface area contributed by atoms with Crippen LogP contribution in [0.3, 0.4) is 0 Å².